The van der Waals surface area contributed by atoms with Gasteiger partial charge in [-0.15, -0.1) is 11.8 Å². The van der Waals surface area contributed by atoms with Crippen LogP contribution in [-0.4, -0.2) is 10.4 Å². The summed E-state index contributed by atoms with van der Waals surface area (Å²) in [6, 6.07) is 4.75. The van der Waals surface area contributed by atoms with Gasteiger partial charge in [0.15, 0.2) is 0 Å². The molecule has 100 valence electrons. The highest BCUT2D eigenvalue weighted by atomic mass is 32.2. The van der Waals surface area contributed by atoms with Crippen molar-refractivity contribution in [2.45, 2.75) is 55.8 Å². The van der Waals surface area contributed by atoms with E-state index in [1.165, 1.54) is 37.8 Å². The molecule has 0 saturated heterocycles. The summed E-state index contributed by atoms with van der Waals surface area (Å²) in [5.74, 6) is 0.513. The first-order valence-electron chi connectivity index (χ1n) is 6.70. The molecule has 2 rings (SSSR count). The first-order chi connectivity index (χ1) is 8.56. The maximum atomic E-state index is 13.2. The van der Waals surface area contributed by atoms with Gasteiger partial charge in [0.25, 0.3) is 0 Å². The van der Waals surface area contributed by atoms with Crippen LogP contribution in [0.1, 0.15) is 51.2 Å². The van der Waals surface area contributed by atoms with Gasteiger partial charge in [0.05, 0.1) is 6.10 Å². The van der Waals surface area contributed by atoms with E-state index in [9.17, 15) is 9.50 Å². The number of halogens is 1. The summed E-state index contributed by atoms with van der Waals surface area (Å²) in [4.78, 5) is 1.03. The number of hydrogen-bond donors (Lipinski definition) is 1. The third-order valence-electron chi connectivity index (χ3n) is 3.60. The summed E-state index contributed by atoms with van der Waals surface area (Å²) in [6.07, 6.45) is 4.45. The van der Waals surface area contributed by atoms with E-state index in [4.69, 9.17) is 0 Å². The van der Waals surface area contributed by atoms with Crippen LogP contribution in [0.2, 0.25) is 0 Å². The third kappa shape index (κ3) is 3.48. The van der Waals surface area contributed by atoms with Gasteiger partial charge in [-0.25, -0.2) is 4.39 Å². The number of thioether (sulfide) groups is 1. The minimum Gasteiger partial charge on any atom is -0.389 e. The Balaban J connectivity index is 2.12. The highest BCUT2D eigenvalue weighted by molar-refractivity contribution is 8.00. The molecule has 1 N–H and O–H groups in total. The molecule has 3 unspecified atom stereocenters. The van der Waals surface area contributed by atoms with Crippen LogP contribution < -0.4 is 0 Å². The summed E-state index contributed by atoms with van der Waals surface area (Å²) >= 11 is 1.81. The van der Waals surface area contributed by atoms with E-state index < -0.39 is 6.10 Å². The third-order valence-corrected chi connectivity index (χ3v) is 4.99. The van der Waals surface area contributed by atoms with Crippen molar-refractivity contribution < 1.29 is 9.50 Å². The lowest BCUT2D eigenvalue weighted by molar-refractivity contribution is 0.196. The Morgan fingerprint density at radius 1 is 1.39 bits per heavy atom. The van der Waals surface area contributed by atoms with E-state index in [2.05, 4.69) is 6.92 Å². The molecule has 0 spiro atoms. The van der Waals surface area contributed by atoms with Crippen LogP contribution in [0.15, 0.2) is 23.1 Å². The monoisotopic (exact) mass is 268 g/mol. The predicted octanol–water partition coefficient (Wildman–Crippen LogP) is 4.55. The summed E-state index contributed by atoms with van der Waals surface area (Å²) < 4.78 is 13.2. The Kier molecular flexibility index (Phi) is 4.68. The first kappa shape index (κ1) is 13.9. The Morgan fingerprint density at radius 2 is 2.17 bits per heavy atom. The van der Waals surface area contributed by atoms with E-state index in [-0.39, 0.29) is 5.82 Å². The van der Waals surface area contributed by atoms with Gasteiger partial charge in [0, 0.05) is 10.1 Å². The van der Waals surface area contributed by atoms with Gasteiger partial charge in [0.1, 0.15) is 5.82 Å². The second-order valence-electron chi connectivity index (χ2n) is 5.37. The van der Waals surface area contributed by atoms with Crippen molar-refractivity contribution in [2.75, 3.05) is 0 Å². The molecule has 1 nitrogen and oxygen atoms in total. The van der Waals surface area contributed by atoms with Crippen LogP contribution in [0.5, 0.6) is 0 Å². The van der Waals surface area contributed by atoms with E-state index >= 15 is 0 Å². The molecule has 0 bridgehead atoms. The molecule has 3 heteroatoms. The SMILES string of the molecule is CC1CCCC(Sc2ccc(F)cc2C(C)O)C1. The minimum absolute atomic E-state index is 0.271. The van der Waals surface area contributed by atoms with Gasteiger partial charge >= 0.3 is 0 Å². The molecule has 3 atom stereocenters. The fourth-order valence-electron chi connectivity index (χ4n) is 2.62. The van der Waals surface area contributed by atoms with Crippen LogP contribution in [-0.2, 0) is 0 Å². The van der Waals surface area contributed by atoms with Gasteiger partial charge in [-0.05, 0) is 49.4 Å². The zero-order valence-electron chi connectivity index (χ0n) is 11.0. The molecule has 0 heterocycles. The number of benzene rings is 1. The summed E-state index contributed by atoms with van der Waals surface area (Å²) in [5, 5.41) is 10.3. The molecular formula is C15H21FOS. The van der Waals surface area contributed by atoms with Crippen molar-refractivity contribution in [2.24, 2.45) is 5.92 Å². The highest BCUT2D eigenvalue weighted by Gasteiger charge is 2.21. The van der Waals surface area contributed by atoms with Crippen molar-refractivity contribution in [3.8, 4) is 0 Å². The minimum atomic E-state index is -0.607. The largest absolute Gasteiger partial charge is 0.389 e. The lowest BCUT2D eigenvalue weighted by atomic mass is 9.91. The first-order valence-corrected chi connectivity index (χ1v) is 7.58. The fourth-order valence-corrected chi connectivity index (χ4v) is 4.20. The summed E-state index contributed by atoms with van der Waals surface area (Å²) in [6.45, 7) is 4.00. The Hall–Kier alpha value is -0.540. The molecule has 0 aromatic heterocycles. The molecule has 1 fully saturated rings. The highest BCUT2D eigenvalue weighted by Crippen LogP contribution is 2.38. The second kappa shape index (κ2) is 6.07. The number of rotatable bonds is 3. The fraction of sp³-hybridized carbons (Fsp3) is 0.600. The van der Waals surface area contributed by atoms with Crippen molar-refractivity contribution >= 4 is 11.8 Å². The zero-order valence-corrected chi connectivity index (χ0v) is 11.8. The average molecular weight is 268 g/mol. The average Bonchev–Trinajstić information content (AvgIpc) is 2.31. The molecule has 0 aliphatic heterocycles. The Bertz CT molecular complexity index is 405. The predicted molar refractivity (Wildman–Crippen MR) is 74.3 cm³/mol. The van der Waals surface area contributed by atoms with Gasteiger partial charge in [-0.1, -0.05) is 19.8 Å². The molecule has 1 aromatic carbocycles. The van der Waals surface area contributed by atoms with E-state index in [0.29, 0.717) is 5.25 Å². The van der Waals surface area contributed by atoms with Gasteiger partial charge in [0.2, 0.25) is 0 Å². The lowest BCUT2D eigenvalue weighted by Crippen LogP contribution is -2.15. The van der Waals surface area contributed by atoms with E-state index in [1.54, 1.807) is 24.8 Å². The lowest BCUT2D eigenvalue weighted by Gasteiger charge is -2.27. The Morgan fingerprint density at radius 3 is 2.83 bits per heavy atom. The molecule has 1 saturated carbocycles. The number of aliphatic hydroxyl groups excluding tert-OH is 1. The van der Waals surface area contributed by atoms with E-state index in [0.717, 1.165) is 16.4 Å². The quantitative estimate of drug-likeness (QED) is 0.868. The smallest absolute Gasteiger partial charge is 0.123 e. The van der Waals surface area contributed by atoms with Crippen LogP contribution in [0.25, 0.3) is 0 Å². The van der Waals surface area contributed by atoms with Crippen LogP contribution in [0, 0.1) is 11.7 Å². The molecule has 1 aromatic rings. The topological polar surface area (TPSA) is 20.2 Å². The number of aliphatic hydroxyl groups is 1. The zero-order chi connectivity index (χ0) is 13.1. The molecular weight excluding hydrogens is 247 g/mol. The van der Waals surface area contributed by atoms with Crippen LogP contribution in [0.3, 0.4) is 0 Å². The van der Waals surface area contributed by atoms with Gasteiger partial charge in [-0.2, -0.15) is 0 Å². The van der Waals surface area contributed by atoms with Crippen LogP contribution in [0.4, 0.5) is 4.39 Å². The molecule has 0 amide bonds. The maximum Gasteiger partial charge on any atom is 0.123 e. The molecule has 1 aliphatic carbocycles. The van der Waals surface area contributed by atoms with Crippen LogP contribution >= 0.6 is 11.8 Å². The molecule has 1 aliphatic rings. The normalized spacial score (nSPS) is 26.0. The van der Waals surface area contributed by atoms with Gasteiger partial charge < -0.3 is 5.11 Å². The van der Waals surface area contributed by atoms with E-state index in [1.807, 2.05) is 0 Å². The molecule has 18 heavy (non-hydrogen) atoms. The maximum absolute atomic E-state index is 13.2. The van der Waals surface area contributed by atoms with Crippen molar-refractivity contribution in [1.29, 1.82) is 0 Å². The molecule has 0 radical (unpaired) electrons. The Labute approximate surface area is 113 Å². The summed E-state index contributed by atoms with van der Waals surface area (Å²) in [5.41, 5.74) is 0.721. The van der Waals surface area contributed by atoms with Gasteiger partial charge in [-0.3, -0.25) is 0 Å². The number of hydrogen-bond acceptors (Lipinski definition) is 2. The summed E-state index contributed by atoms with van der Waals surface area (Å²) in [7, 11) is 0. The second-order valence-corrected chi connectivity index (χ2v) is 6.71. The van der Waals surface area contributed by atoms with Crippen molar-refractivity contribution in [3.63, 3.8) is 0 Å². The van der Waals surface area contributed by atoms with Crippen molar-refractivity contribution in [1.82, 2.24) is 0 Å². The van der Waals surface area contributed by atoms with Crippen molar-refractivity contribution in [3.05, 3.63) is 29.6 Å². The standard InChI is InChI=1S/C15H21FOS/c1-10-4-3-5-13(8-10)18-15-7-6-12(16)9-14(15)11(2)17/h6-7,9-11,13,17H,3-5,8H2,1-2H3.